The highest BCUT2D eigenvalue weighted by Gasteiger charge is 2.29. The molecular formula is C27H31N5O4S. The number of sulfonamides is 1. The summed E-state index contributed by atoms with van der Waals surface area (Å²) in [6.45, 7) is 4.77. The van der Waals surface area contributed by atoms with Gasteiger partial charge in [-0.3, -0.25) is 10.1 Å². The number of para-hydroxylation sites is 1. The van der Waals surface area contributed by atoms with Gasteiger partial charge in [0.05, 0.1) is 10.7 Å². The van der Waals surface area contributed by atoms with E-state index in [1.54, 1.807) is 16.4 Å². The van der Waals surface area contributed by atoms with E-state index in [0.717, 1.165) is 30.0 Å². The van der Waals surface area contributed by atoms with Gasteiger partial charge in [-0.15, -0.1) is 0 Å². The second-order valence-electron chi connectivity index (χ2n) is 9.37. The molecule has 0 N–H and O–H groups in total. The molecule has 3 aromatic carbocycles. The molecule has 0 aromatic heterocycles. The molecule has 3 aromatic rings. The molecule has 2 aliphatic rings. The van der Waals surface area contributed by atoms with Gasteiger partial charge in [-0.1, -0.05) is 48.5 Å². The molecule has 0 spiro atoms. The minimum atomic E-state index is -3.41. The van der Waals surface area contributed by atoms with Crippen molar-refractivity contribution >= 4 is 32.8 Å². The van der Waals surface area contributed by atoms with E-state index in [-0.39, 0.29) is 16.4 Å². The van der Waals surface area contributed by atoms with E-state index < -0.39 is 10.0 Å². The van der Waals surface area contributed by atoms with Crippen molar-refractivity contribution in [2.45, 2.75) is 5.75 Å². The zero-order valence-electron chi connectivity index (χ0n) is 20.6. The molecular weight excluding hydrogens is 490 g/mol. The SMILES string of the molecule is O=[N+]([O-])c1ccc(N2CCN(S(=O)(=O)Cc3ccccc3)CC2)cc1N1CCN(c2ccccc2)CC1. The molecule has 0 saturated carbocycles. The van der Waals surface area contributed by atoms with Gasteiger partial charge in [-0.2, -0.15) is 4.31 Å². The molecule has 10 heteroatoms. The molecule has 0 atom stereocenters. The molecule has 37 heavy (non-hydrogen) atoms. The van der Waals surface area contributed by atoms with E-state index in [4.69, 9.17) is 0 Å². The van der Waals surface area contributed by atoms with Crippen LogP contribution in [-0.2, 0) is 15.8 Å². The van der Waals surface area contributed by atoms with Crippen molar-refractivity contribution in [3.8, 4) is 0 Å². The largest absolute Gasteiger partial charge is 0.369 e. The van der Waals surface area contributed by atoms with Crippen molar-refractivity contribution in [1.82, 2.24) is 4.31 Å². The van der Waals surface area contributed by atoms with Crippen LogP contribution < -0.4 is 14.7 Å². The van der Waals surface area contributed by atoms with Gasteiger partial charge in [0.1, 0.15) is 5.69 Å². The summed E-state index contributed by atoms with van der Waals surface area (Å²) in [5.74, 6) is -0.00945. The predicted octanol–water partition coefficient (Wildman–Crippen LogP) is 3.57. The van der Waals surface area contributed by atoms with Crippen molar-refractivity contribution in [2.24, 2.45) is 0 Å². The van der Waals surface area contributed by atoms with Gasteiger partial charge in [-0.05, 0) is 29.8 Å². The first kappa shape index (κ1) is 25.0. The van der Waals surface area contributed by atoms with Crippen LogP contribution in [0.15, 0.2) is 78.9 Å². The summed E-state index contributed by atoms with van der Waals surface area (Å²) in [7, 11) is -3.41. The zero-order valence-corrected chi connectivity index (χ0v) is 21.5. The van der Waals surface area contributed by atoms with Crippen LogP contribution in [0, 0.1) is 10.1 Å². The Morgan fingerprint density at radius 3 is 1.84 bits per heavy atom. The van der Waals surface area contributed by atoms with Crippen LogP contribution in [0.5, 0.6) is 0 Å². The van der Waals surface area contributed by atoms with Crippen molar-refractivity contribution in [3.63, 3.8) is 0 Å². The van der Waals surface area contributed by atoms with Crippen molar-refractivity contribution in [1.29, 1.82) is 0 Å². The summed E-state index contributed by atoms with van der Waals surface area (Å²) < 4.78 is 27.4. The molecule has 0 radical (unpaired) electrons. The average Bonchev–Trinajstić information content (AvgIpc) is 2.94. The third-order valence-corrected chi connectivity index (χ3v) is 8.94. The van der Waals surface area contributed by atoms with Gasteiger partial charge in [0.25, 0.3) is 5.69 Å². The molecule has 194 valence electrons. The highest BCUT2D eigenvalue weighted by atomic mass is 32.2. The fourth-order valence-corrected chi connectivity index (χ4v) is 6.58. The van der Waals surface area contributed by atoms with Crippen LogP contribution in [0.4, 0.5) is 22.7 Å². The van der Waals surface area contributed by atoms with Crippen molar-refractivity contribution < 1.29 is 13.3 Å². The topological polar surface area (TPSA) is 90.2 Å². The number of piperazine rings is 2. The molecule has 0 amide bonds. The lowest BCUT2D eigenvalue weighted by molar-refractivity contribution is -0.384. The lowest BCUT2D eigenvalue weighted by Gasteiger charge is -2.38. The maximum absolute atomic E-state index is 12.9. The molecule has 5 rings (SSSR count). The lowest BCUT2D eigenvalue weighted by Crippen LogP contribution is -2.49. The second-order valence-corrected chi connectivity index (χ2v) is 11.3. The van der Waals surface area contributed by atoms with E-state index in [1.165, 1.54) is 0 Å². The zero-order chi connectivity index (χ0) is 25.8. The Balaban J connectivity index is 1.26. The first-order chi connectivity index (χ1) is 17.9. The molecule has 9 nitrogen and oxygen atoms in total. The summed E-state index contributed by atoms with van der Waals surface area (Å²) in [4.78, 5) is 18.0. The number of nitrogens with zero attached hydrogens (tertiary/aromatic N) is 5. The molecule has 2 saturated heterocycles. The number of nitro groups is 1. The maximum Gasteiger partial charge on any atom is 0.292 e. The van der Waals surface area contributed by atoms with Crippen LogP contribution in [0.1, 0.15) is 5.56 Å². The number of rotatable bonds is 7. The standard InChI is InChI=1S/C27H31N5O4S/c33-32(34)26-12-11-25(21-27(26)30-15-13-28(14-16-30)24-9-5-2-6-10-24)29-17-19-31(20-18-29)37(35,36)22-23-7-3-1-4-8-23/h1-12,21H,13-20,22H2. The van der Waals surface area contributed by atoms with Gasteiger partial charge in [0.15, 0.2) is 0 Å². The van der Waals surface area contributed by atoms with E-state index in [1.807, 2.05) is 54.6 Å². The van der Waals surface area contributed by atoms with Gasteiger partial charge >= 0.3 is 0 Å². The lowest BCUT2D eigenvalue weighted by atomic mass is 10.1. The normalized spacial score (nSPS) is 17.1. The third kappa shape index (κ3) is 5.70. The van der Waals surface area contributed by atoms with Gasteiger partial charge in [0, 0.05) is 69.8 Å². The molecule has 0 unspecified atom stereocenters. The highest BCUT2D eigenvalue weighted by molar-refractivity contribution is 7.88. The summed E-state index contributed by atoms with van der Waals surface area (Å²) in [5, 5.41) is 11.8. The summed E-state index contributed by atoms with van der Waals surface area (Å²) >= 11 is 0. The van der Waals surface area contributed by atoms with E-state index in [2.05, 4.69) is 26.8 Å². The Morgan fingerprint density at radius 2 is 1.22 bits per heavy atom. The van der Waals surface area contributed by atoms with Gasteiger partial charge in [-0.25, -0.2) is 8.42 Å². The first-order valence-corrected chi connectivity index (χ1v) is 14.1. The highest BCUT2D eigenvalue weighted by Crippen LogP contribution is 2.34. The Morgan fingerprint density at radius 1 is 0.676 bits per heavy atom. The number of hydrogen-bond donors (Lipinski definition) is 0. The quantitative estimate of drug-likeness (QED) is 0.347. The molecule has 2 aliphatic heterocycles. The van der Waals surface area contributed by atoms with Crippen LogP contribution in [0.25, 0.3) is 0 Å². The Bertz CT molecular complexity index is 1320. The minimum Gasteiger partial charge on any atom is -0.369 e. The third-order valence-electron chi connectivity index (χ3n) is 7.09. The summed E-state index contributed by atoms with van der Waals surface area (Å²) in [6, 6.07) is 24.6. The van der Waals surface area contributed by atoms with E-state index in [0.29, 0.717) is 45.0 Å². The summed E-state index contributed by atoms with van der Waals surface area (Å²) in [5.41, 5.74) is 3.53. The number of nitro benzene ring substituents is 1. The molecule has 2 heterocycles. The smallest absolute Gasteiger partial charge is 0.292 e. The minimum absolute atomic E-state index is 0.00945. The maximum atomic E-state index is 12.9. The Labute approximate surface area is 217 Å². The van der Waals surface area contributed by atoms with Crippen LogP contribution in [-0.4, -0.2) is 70.0 Å². The van der Waals surface area contributed by atoms with Gasteiger partial charge < -0.3 is 14.7 Å². The van der Waals surface area contributed by atoms with Crippen molar-refractivity contribution in [2.75, 3.05) is 67.1 Å². The van der Waals surface area contributed by atoms with E-state index >= 15 is 0 Å². The Hall–Kier alpha value is -3.63. The van der Waals surface area contributed by atoms with Crippen molar-refractivity contribution in [3.05, 3.63) is 94.5 Å². The molecule has 0 aliphatic carbocycles. The predicted molar refractivity (Wildman–Crippen MR) is 147 cm³/mol. The number of hydrogen-bond acceptors (Lipinski definition) is 7. The van der Waals surface area contributed by atoms with Crippen LogP contribution in [0.2, 0.25) is 0 Å². The average molecular weight is 522 g/mol. The monoisotopic (exact) mass is 521 g/mol. The second kappa shape index (κ2) is 10.8. The first-order valence-electron chi connectivity index (χ1n) is 12.5. The van der Waals surface area contributed by atoms with Crippen LogP contribution >= 0.6 is 0 Å². The van der Waals surface area contributed by atoms with Gasteiger partial charge in [0.2, 0.25) is 10.0 Å². The molecule has 2 fully saturated rings. The fourth-order valence-electron chi connectivity index (χ4n) is 5.06. The molecule has 0 bridgehead atoms. The fraction of sp³-hybridized carbons (Fsp3) is 0.333. The Kier molecular flexibility index (Phi) is 7.29. The number of benzene rings is 3. The van der Waals surface area contributed by atoms with Crippen LogP contribution in [0.3, 0.4) is 0 Å². The summed E-state index contributed by atoms with van der Waals surface area (Å²) in [6.07, 6.45) is 0. The number of anilines is 3. The van der Waals surface area contributed by atoms with E-state index in [9.17, 15) is 18.5 Å².